The molecule has 1 fully saturated rings. The fraction of sp³-hybridized carbons (Fsp3) is 0.625. The van der Waals surface area contributed by atoms with E-state index in [1.54, 1.807) is 12.1 Å². The summed E-state index contributed by atoms with van der Waals surface area (Å²) in [5.74, 6) is 0.508. The number of hydrogen-bond acceptors (Lipinski definition) is 3. The third-order valence-electron chi connectivity index (χ3n) is 4.10. The van der Waals surface area contributed by atoms with E-state index in [4.69, 9.17) is 0 Å². The topological polar surface area (TPSA) is 58.2 Å². The van der Waals surface area contributed by atoms with Crippen LogP contribution in [-0.2, 0) is 10.0 Å². The van der Waals surface area contributed by atoms with Gasteiger partial charge in [-0.2, -0.15) is 0 Å². The molecule has 2 rings (SSSR count). The maximum atomic E-state index is 12.5. The predicted molar refractivity (Wildman–Crippen MR) is 85.7 cm³/mol. The molecule has 0 heterocycles. The number of rotatable bonds is 8. The third kappa shape index (κ3) is 4.28. The summed E-state index contributed by atoms with van der Waals surface area (Å²) < 4.78 is 27.7. The van der Waals surface area contributed by atoms with Crippen molar-refractivity contribution in [3.63, 3.8) is 0 Å². The minimum absolute atomic E-state index is 0.0226. The minimum Gasteiger partial charge on any atom is -0.310 e. The second kappa shape index (κ2) is 6.90. The fourth-order valence-electron chi connectivity index (χ4n) is 2.65. The van der Waals surface area contributed by atoms with Gasteiger partial charge in [0.2, 0.25) is 10.0 Å². The summed E-state index contributed by atoms with van der Waals surface area (Å²) in [6.07, 6.45) is 3.19. The average Bonchev–Trinajstić information content (AvgIpc) is 3.29. The van der Waals surface area contributed by atoms with E-state index in [0.29, 0.717) is 10.8 Å². The molecular weight excluding hydrogens is 284 g/mol. The molecule has 0 radical (unpaired) electrons. The number of sulfonamides is 1. The first-order chi connectivity index (χ1) is 9.97. The Morgan fingerprint density at radius 2 is 2.00 bits per heavy atom. The van der Waals surface area contributed by atoms with E-state index in [9.17, 15) is 8.42 Å². The van der Waals surface area contributed by atoms with Crippen LogP contribution in [0, 0.1) is 5.92 Å². The third-order valence-corrected chi connectivity index (χ3v) is 5.66. The van der Waals surface area contributed by atoms with E-state index in [0.717, 1.165) is 31.4 Å². The Balaban J connectivity index is 2.18. The number of nitrogens with one attached hydrogen (secondary N) is 2. The normalized spacial score (nSPS) is 18.4. The van der Waals surface area contributed by atoms with E-state index >= 15 is 0 Å². The smallest absolute Gasteiger partial charge is 0.240 e. The Bertz CT molecular complexity index is 567. The van der Waals surface area contributed by atoms with Crippen LogP contribution in [0.5, 0.6) is 0 Å². The van der Waals surface area contributed by atoms with Crippen molar-refractivity contribution in [3.05, 3.63) is 29.8 Å². The van der Waals surface area contributed by atoms with Gasteiger partial charge in [-0.1, -0.05) is 26.0 Å². The standard InChI is InChI=1S/C16H26N2O2S/c1-4-16(17-5-2)14-7-6-8-15(11-14)21(19,20)18-12(3)13-9-10-13/h6-8,11-13,16-18H,4-5,9-10H2,1-3H3. The molecule has 2 N–H and O–H groups in total. The van der Waals surface area contributed by atoms with E-state index in [1.165, 1.54) is 0 Å². The number of hydrogen-bond donors (Lipinski definition) is 2. The molecule has 0 bridgehead atoms. The summed E-state index contributed by atoms with van der Waals surface area (Å²) in [6.45, 7) is 6.98. The molecule has 0 aromatic heterocycles. The molecule has 1 aromatic carbocycles. The van der Waals surface area contributed by atoms with Gasteiger partial charge in [-0.25, -0.2) is 13.1 Å². The monoisotopic (exact) mass is 310 g/mol. The van der Waals surface area contributed by atoms with Crippen molar-refractivity contribution >= 4 is 10.0 Å². The van der Waals surface area contributed by atoms with Gasteiger partial charge in [0.15, 0.2) is 0 Å². The van der Waals surface area contributed by atoms with Crippen LogP contribution in [0.4, 0.5) is 0 Å². The fourth-order valence-corrected chi connectivity index (χ4v) is 4.01. The zero-order chi connectivity index (χ0) is 15.5. The Morgan fingerprint density at radius 3 is 2.57 bits per heavy atom. The lowest BCUT2D eigenvalue weighted by molar-refractivity contribution is 0.531. The lowest BCUT2D eigenvalue weighted by Crippen LogP contribution is -2.34. The predicted octanol–water partition coefficient (Wildman–Crippen LogP) is 2.82. The van der Waals surface area contributed by atoms with Gasteiger partial charge in [0, 0.05) is 12.1 Å². The molecule has 0 spiro atoms. The van der Waals surface area contributed by atoms with Gasteiger partial charge in [0.25, 0.3) is 0 Å². The van der Waals surface area contributed by atoms with Crippen LogP contribution in [-0.4, -0.2) is 21.0 Å². The minimum atomic E-state index is -3.42. The van der Waals surface area contributed by atoms with Crippen LogP contribution in [0.1, 0.15) is 51.6 Å². The highest BCUT2D eigenvalue weighted by atomic mass is 32.2. The van der Waals surface area contributed by atoms with Crippen LogP contribution in [0.15, 0.2) is 29.2 Å². The maximum Gasteiger partial charge on any atom is 0.240 e. The average molecular weight is 310 g/mol. The van der Waals surface area contributed by atoms with E-state index in [2.05, 4.69) is 23.9 Å². The summed E-state index contributed by atoms with van der Waals surface area (Å²) in [4.78, 5) is 0.365. The van der Waals surface area contributed by atoms with Crippen molar-refractivity contribution in [2.75, 3.05) is 6.54 Å². The molecule has 0 aliphatic heterocycles. The molecule has 1 aliphatic rings. The molecule has 1 aromatic rings. The largest absolute Gasteiger partial charge is 0.310 e. The molecule has 0 amide bonds. The van der Waals surface area contributed by atoms with Gasteiger partial charge in [0.1, 0.15) is 0 Å². The van der Waals surface area contributed by atoms with Crippen molar-refractivity contribution in [1.82, 2.24) is 10.0 Å². The molecule has 21 heavy (non-hydrogen) atoms. The Morgan fingerprint density at radius 1 is 1.29 bits per heavy atom. The second-order valence-electron chi connectivity index (χ2n) is 5.84. The molecule has 4 nitrogen and oxygen atoms in total. The maximum absolute atomic E-state index is 12.5. The van der Waals surface area contributed by atoms with E-state index < -0.39 is 10.0 Å². The zero-order valence-electron chi connectivity index (χ0n) is 13.1. The van der Waals surface area contributed by atoms with E-state index in [1.807, 2.05) is 19.1 Å². The molecular formula is C16H26N2O2S. The van der Waals surface area contributed by atoms with Crippen LogP contribution in [0.2, 0.25) is 0 Å². The summed E-state index contributed by atoms with van der Waals surface area (Å²) in [7, 11) is -3.42. The number of benzene rings is 1. The molecule has 2 atom stereocenters. The van der Waals surface area contributed by atoms with Gasteiger partial charge in [0.05, 0.1) is 4.90 Å². The lowest BCUT2D eigenvalue weighted by Gasteiger charge is -2.18. The highest BCUT2D eigenvalue weighted by Gasteiger charge is 2.31. The summed E-state index contributed by atoms with van der Waals surface area (Å²) in [5, 5.41) is 3.38. The molecule has 1 saturated carbocycles. The van der Waals surface area contributed by atoms with Crippen molar-refractivity contribution in [2.24, 2.45) is 5.92 Å². The lowest BCUT2D eigenvalue weighted by atomic mass is 10.0. The SMILES string of the molecule is CCNC(CC)c1cccc(S(=O)(=O)NC(C)C2CC2)c1. The Labute approximate surface area is 128 Å². The Kier molecular flexibility index (Phi) is 5.41. The zero-order valence-corrected chi connectivity index (χ0v) is 13.9. The highest BCUT2D eigenvalue weighted by Crippen LogP contribution is 2.33. The first-order valence-corrected chi connectivity index (χ1v) is 9.32. The van der Waals surface area contributed by atoms with Gasteiger partial charge >= 0.3 is 0 Å². The van der Waals surface area contributed by atoms with Crippen LogP contribution in [0.3, 0.4) is 0 Å². The Hall–Kier alpha value is -0.910. The van der Waals surface area contributed by atoms with Crippen LogP contribution < -0.4 is 10.0 Å². The van der Waals surface area contributed by atoms with Crippen molar-refractivity contribution in [1.29, 1.82) is 0 Å². The van der Waals surface area contributed by atoms with Gasteiger partial charge < -0.3 is 5.32 Å². The van der Waals surface area contributed by atoms with Crippen molar-refractivity contribution in [3.8, 4) is 0 Å². The molecule has 1 aliphatic carbocycles. The van der Waals surface area contributed by atoms with Gasteiger partial charge in [-0.3, -0.25) is 0 Å². The van der Waals surface area contributed by atoms with Gasteiger partial charge in [-0.15, -0.1) is 0 Å². The van der Waals surface area contributed by atoms with Crippen molar-refractivity contribution < 1.29 is 8.42 Å². The second-order valence-corrected chi connectivity index (χ2v) is 7.55. The molecule has 0 saturated heterocycles. The molecule has 2 unspecified atom stereocenters. The molecule has 5 heteroatoms. The summed E-state index contributed by atoms with van der Waals surface area (Å²) in [6, 6.07) is 7.50. The van der Waals surface area contributed by atoms with Crippen molar-refractivity contribution in [2.45, 2.75) is 57.0 Å². The molecule has 118 valence electrons. The van der Waals surface area contributed by atoms with Gasteiger partial charge in [-0.05, 0) is 56.3 Å². The van der Waals surface area contributed by atoms with E-state index in [-0.39, 0.29) is 12.1 Å². The summed E-state index contributed by atoms with van der Waals surface area (Å²) in [5.41, 5.74) is 1.03. The van der Waals surface area contributed by atoms with Crippen LogP contribution in [0.25, 0.3) is 0 Å². The first kappa shape index (κ1) is 16.5. The highest BCUT2D eigenvalue weighted by molar-refractivity contribution is 7.89. The van der Waals surface area contributed by atoms with Crippen LogP contribution >= 0.6 is 0 Å². The quantitative estimate of drug-likeness (QED) is 0.776. The summed E-state index contributed by atoms with van der Waals surface area (Å²) >= 11 is 0. The first-order valence-electron chi connectivity index (χ1n) is 7.83.